The molecule has 2 heterocycles. The highest BCUT2D eigenvalue weighted by atomic mass is 35.6. The number of halogens is 12. The van der Waals surface area contributed by atoms with Gasteiger partial charge in [-0.05, 0) is 181 Å². The molecule has 0 amide bonds. The summed E-state index contributed by atoms with van der Waals surface area (Å²) in [6.45, 7) is 6.71. The van der Waals surface area contributed by atoms with Crippen LogP contribution in [-0.4, -0.2) is 69.6 Å². The fourth-order valence-electron chi connectivity index (χ4n) is 13.6. The van der Waals surface area contributed by atoms with Crippen molar-refractivity contribution in [2.45, 2.75) is 158 Å². The first-order valence-corrected chi connectivity index (χ1v) is 30.8. The van der Waals surface area contributed by atoms with Crippen molar-refractivity contribution in [1.82, 2.24) is 30.0 Å². The van der Waals surface area contributed by atoms with Crippen molar-refractivity contribution >= 4 is 139 Å². The van der Waals surface area contributed by atoms with E-state index < -0.39 is 17.2 Å². The number of fused-ring (bicyclic) bond motifs is 10. The minimum atomic E-state index is -0.750. The van der Waals surface area contributed by atoms with Crippen molar-refractivity contribution in [3.8, 4) is 11.5 Å². The Hall–Kier alpha value is -1.06. The van der Waals surface area contributed by atoms with E-state index in [2.05, 4.69) is 95.1 Å². The molecule has 6 aliphatic rings. The van der Waals surface area contributed by atoms with Crippen LogP contribution in [0, 0.1) is 34.5 Å². The highest BCUT2D eigenvalue weighted by Gasteiger charge is 2.55. The van der Waals surface area contributed by atoms with Gasteiger partial charge in [-0.3, -0.25) is 0 Å². The number of aryl methyl sites for hydroxylation is 2. The number of rotatable bonds is 10. The maximum Gasteiger partial charge on any atom is 0.180 e. The summed E-state index contributed by atoms with van der Waals surface area (Å²) < 4.78 is 13.2. The summed E-state index contributed by atoms with van der Waals surface area (Å²) in [5, 5.41) is 39.1. The number of ether oxygens (including phenoxy) is 2. The van der Waals surface area contributed by atoms with Gasteiger partial charge >= 0.3 is 0 Å². The SMILES string of the molecule is C[C@]12CC[C@@H]3c4ccc(OCc5cn(Cc6ccc(Cn7cc(COc8ccc9c(c8)CC[C@@H]8[C@@H]9CC[C@]9(C)[C@@H](O)CC[C@@H]89)nn7)cc6)nn5)cc4CC[C@H]3[C@@H]1CC[C@@H]2O.ClC(Cl)Cl.ClC(Cl)Cl.ClC(Cl)Cl.ClC(Cl)Cl. The van der Waals surface area contributed by atoms with Gasteiger partial charge in [0.25, 0.3) is 0 Å². The van der Waals surface area contributed by atoms with Crippen molar-refractivity contribution in [2.75, 3.05) is 0 Å². The summed E-state index contributed by atoms with van der Waals surface area (Å²) in [6.07, 6.45) is 17.2. The molecule has 10 atom stereocenters. The van der Waals surface area contributed by atoms with E-state index in [0.717, 1.165) is 72.5 Å². The third-order valence-corrected chi connectivity index (χ3v) is 17.0. The number of hydrogen-bond acceptors (Lipinski definition) is 8. The number of aliphatic hydroxyl groups is 2. The smallest absolute Gasteiger partial charge is 0.180 e. The van der Waals surface area contributed by atoms with E-state index in [-0.39, 0.29) is 23.0 Å². The van der Waals surface area contributed by atoms with Gasteiger partial charge < -0.3 is 19.7 Å². The topological polar surface area (TPSA) is 120 Å². The highest BCUT2D eigenvalue weighted by molar-refractivity contribution is 6.64. The van der Waals surface area contributed by atoms with Crippen LogP contribution >= 0.6 is 139 Å². The Morgan fingerprint density at radius 2 is 0.868 bits per heavy atom. The lowest BCUT2D eigenvalue weighted by Crippen LogP contribution is -2.43. The maximum absolute atomic E-state index is 10.7. The lowest BCUT2D eigenvalue weighted by atomic mass is 9.55. The molecule has 6 aliphatic carbocycles. The van der Waals surface area contributed by atoms with Gasteiger partial charge in [0.2, 0.25) is 0 Å². The normalized spacial score (nSPS) is 27.6. The molecule has 5 aromatic rings. The number of aliphatic hydroxyl groups excluding tert-OH is 2. The van der Waals surface area contributed by atoms with Gasteiger partial charge in [0, 0.05) is 0 Å². The number of nitrogens with zero attached hydrogens (tertiary/aromatic N) is 6. The first-order chi connectivity index (χ1) is 36.1. The van der Waals surface area contributed by atoms with Gasteiger partial charge in [-0.1, -0.05) is 200 Å². The summed E-state index contributed by atoms with van der Waals surface area (Å²) in [5.41, 5.74) is 10.0. The van der Waals surface area contributed by atoms with Gasteiger partial charge in [-0.2, -0.15) is 0 Å². The van der Waals surface area contributed by atoms with Gasteiger partial charge in [0.15, 0.2) is 17.2 Å². The molecule has 22 heteroatoms. The van der Waals surface area contributed by atoms with E-state index in [1.165, 1.54) is 60.8 Å². The van der Waals surface area contributed by atoms with Crippen LogP contribution in [0.25, 0.3) is 0 Å². The third-order valence-electron chi connectivity index (χ3n) is 17.0. The standard InChI is InChI=1S/C50H60N6O4.4CHCl3/c1-49-21-19-41-39-13-9-37(23-33(39)7-11-43(41)45(49)15-17-47(49)57)59-29-35-27-55(53-51-35)25-31-3-5-32(6-4-31)26-56-28-36(52-54-56)30-60-38-10-14-40-34(24-38)8-12-44-42(40)20-22-50(2)46(44)16-18-48(50)58;4*2-1(3)4/h3-6,9-10,13-14,23-24,27-28,41-48,57-58H,7-8,11-12,15-22,25-26,29-30H2,1-2H3;4*1H/t41-,42-,43-,44-,45+,46+,47+,48+,49+,50+;;;;/m1..../s1. The van der Waals surface area contributed by atoms with Crippen molar-refractivity contribution in [3.05, 3.63) is 118 Å². The van der Waals surface area contributed by atoms with Crippen molar-refractivity contribution in [3.63, 3.8) is 0 Å². The lowest BCUT2D eigenvalue weighted by Gasteiger charge is -2.50. The average Bonchev–Trinajstić information content (AvgIpc) is 4.16. The Balaban J connectivity index is 0.000000466. The molecule has 76 heavy (non-hydrogen) atoms. The fourth-order valence-corrected chi connectivity index (χ4v) is 13.6. The summed E-state index contributed by atoms with van der Waals surface area (Å²) in [6, 6.07) is 21.9. The number of aromatic nitrogens is 6. The fraction of sp³-hybridized carbons (Fsp3) is 0.593. The van der Waals surface area contributed by atoms with E-state index in [1.54, 1.807) is 0 Å². The molecule has 11 rings (SSSR count). The molecule has 418 valence electrons. The van der Waals surface area contributed by atoms with Crippen LogP contribution in [0.5, 0.6) is 11.5 Å². The summed E-state index contributed by atoms with van der Waals surface area (Å²) in [4.78, 5) is 0. The summed E-state index contributed by atoms with van der Waals surface area (Å²) >= 11 is 57.7. The predicted octanol–water partition coefficient (Wildman–Crippen LogP) is 16.5. The van der Waals surface area contributed by atoms with Crippen LogP contribution in [0.3, 0.4) is 0 Å². The maximum atomic E-state index is 10.7. The van der Waals surface area contributed by atoms with Crippen LogP contribution < -0.4 is 9.47 Å². The zero-order valence-corrected chi connectivity index (χ0v) is 51.2. The van der Waals surface area contributed by atoms with E-state index in [1.807, 2.05) is 21.8 Å². The van der Waals surface area contributed by atoms with E-state index >= 15 is 0 Å². The Morgan fingerprint density at radius 1 is 0.513 bits per heavy atom. The number of alkyl halides is 12. The van der Waals surface area contributed by atoms with Crippen LogP contribution in [-0.2, 0) is 39.1 Å². The molecule has 0 spiro atoms. The van der Waals surface area contributed by atoms with Crippen molar-refractivity contribution in [1.29, 1.82) is 0 Å². The number of benzene rings is 3. The molecule has 0 saturated heterocycles. The first-order valence-electron chi connectivity index (χ1n) is 25.6. The second-order valence-electron chi connectivity index (χ2n) is 21.0. The first kappa shape index (κ1) is 62.5. The van der Waals surface area contributed by atoms with Crippen LogP contribution in [0.1, 0.15) is 135 Å². The van der Waals surface area contributed by atoms with Crippen molar-refractivity contribution < 1.29 is 19.7 Å². The zero-order chi connectivity index (χ0) is 54.9. The van der Waals surface area contributed by atoms with E-state index in [4.69, 9.17) is 149 Å². The van der Waals surface area contributed by atoms with Gasteiger partial charge in [0.1, 0.15) is 36.1 Å². The molecular weight excluding hydrogens is 1220 g/mol. The van der Waals surface area contributed by atoms with Gasteiger partial charge in [-0.15, -0.1) is 10.2 Å². The molecule has 0 unspecified atom stereocenters. The second kappa shape index (κ2) is 28.8. The third kappa shape index (κ3) is 16.6. The monoisotopic (exact) mass is 1280 g/mol. The molecule has 0 aliphatic heterocycles. The molecule has 2 aromatic heterocycles. The van der Waals surface area contributed by atoms with Gasteiger partial charge in [0.05, 0.1) is 37.7 Å². The Bertz CT molecular complexity index is 2410. The number of hydrogen-bond donors (Lipinski definition) is 2. The predicted molar refractivity (Wildman–Crippen MR) is 313 cm³/mol. The summed E-state index contributed by atoms with van der Waals surface area (Å²) in [5.74, 6) is 5.70. The molecule has 4 fully saturated rings. The lowest BCUT2D eigenvalue weighted by molar-refractivity contribution is -0.0226. The van der Waals surface area contributed by atoms with Gasteiger partial charge in [-0.25, -0.2) is 9.36 Å². The average molecular weight is 1290 g/mol. The van der Waals surface area contributed by atoms with Crippen molar-refractivity contribution in [2.24, 2.45) is 34.5 Å². The Kier molecular flexibility index (Phi) is 23.7. The largest absolute Gasteiger partial charge is 0.487 e. The minimum absolute atomic E-state index is 0.111. The second-order valence-corrected chi connectivity index (χ2v) is 28.9. The molecule has 3 aromatic carbocycles. The van der Waals surface area contributed by atoms with Crippen LogP contribution in [0.4, 0.5) is 0 Å². The van der Waals surface area contributed by atoms with E-state index in [9.17, 15) is 10.2 Å². The molecule has 2 N–H and O–H groups in total. The molecule has 10 nitrogen and oxygen atoms in total. The molecule has 0 bridgehead atoms. The Morgan fingerprint density at radius 3 is 1.22 bits per heavy atom. The van der Waals surface area contributed by atoms with Crippen LogP contribution in [0.15, 0.2) is 73.1 Å². The highest BCUT2D eigenvalue weighted by Crippen LogP contribution is 2.62. The van der Waals surface area contributed by atoms with Crippen LogP contribution in [0.2, 0.25) is 0 Å². The zero-order valence-electron chi connectivity index (χ0n) is 42.1. The Labute approximate surface area is 506 Å². The quantitative estimate of drug-likeness (QED) is 0.133. The minimum Gasteiger partial charge on any atom is -0.487 e. The van der Waals surface area contributed by atoms with E-state index in [0.29, 0.717) is 61.8 Å². The molecular formula is C54H64Cl12N6O4. The summed E-state index contributed by atoms with van der Waals surface area (Å²) in [7, 11) is 0. The molecule has 0 radical (unpaired) electrons. The molecule has 4 saturated carbocycles.